The second-order valence-electron chi connectivity index (χ2n) is 7.99. The van der Waals surface area contributed by atoms with Crippen LogP contribution in [0.5, 0.6) is 0 Å². The van der Waals surface area contributed by atoms with Gasteiger partial charge in [0.05, 0.1) is 4.90 Å². The number of piperidine rings is 1. The summed E-state index contributed by atoms with van der Waals surface area (Å²) in [5.41, 5.74) is 1.19. The molecule has 4 rings (SSSR count). The van der Waals surface area contributed by atoms with Crippen molar-refractivity contribution in [2.75, 3.05) is 26.2 Å². The highest BCUT2D eigenvalue weighted by molar-refractivity contribution is 7.89. The van der Waals surface area contributed by atoms with Crippen molar-refractivity contribution in [2.24, 2.45) is 5.92 Å². The predicted molar refractivity (Wildman–Crippen MR) is 107 cm³/mol. The van der Waals surface area contributed by atoms with Crippen molar-refractivity contribution >= 4 is 15.9 Å². The van der Waals surface area contributed by atoms with E-state index in [1.165, 1.54) is 0 Å². The van der Waals surface area contributed by atoms with Crippen LogP contribution < -0.4 is 0 Å². The summed E-state index contributed by atoms with van der Waals surface area (Å²) < 4.78 is 33.1. The van der Waals surface area contributed by atoms with Crippen molar-refractivity contribution in [2.45, 2.75) is 44.4 Å². The minimum atomic E-state index is -3.60. The van der Waals surface area contributed by atoms with Gasteiger partial charge in [-0.25, -0.2) is 8.42 Å². The van der Waals surface area contributed by atoms with E-state index in [0.717, 1.165) is 25.7 Å². The van der Waals surface area contributed by atoms with Gasteiger partial charge >= 0.3 is 11.8 Å². The van der Waals surface area contributed by atoms with Crippen LogP contribution in [0.2, 0.25) is 0 Å². The highest BCUT2D eigenvalue weighted by Crippen LogP contribution is 2.28. The molecule has 2 saturated heterocycles. The summed E-state index contributed by atoms with van der Waals surface area (Å²) >= 11 is 0. The number of nitrogens with zero attached hydrogens (tertiary/aromatic N) is 4. The zero-order valence-corrected chi connectivity index (χ0v) is 17.6. The van der Waals surface area contributed by atoms with Crippen molar-refractivity contribution in [3.63, 3.8) is 0 Å². The Bertz CT molecular complexity index is 1000. The predicted octanol–water partition coefficient (Wildman–Crippen LogP) is 2.70. The minimum Gasteiger partial charge on any atom is -0.334 e. The number of carbonyl (C=O) groups is 1. The highest BCUT2D eigenvalue weighted by Gasteiger charge is 2.30. The van der Waals surface area contributed by atoms with Crippen molar-refractivity contribution in [3.8, 4) is 11.4 Å². The highest BCUT2D eigenvalue weighted by atomic mass is 32.2. The molecule has 2 aliphatic rings. The second kappa shape index (κ2) is 7.87. The van der Waals surface area contributed by atoms with Gasteiger partial charge in [0, 0.05) is 31.7 Å². The Morgan fingerprint density at radius 2 is 1.83 bits per heavy atom. The molecule has 0 bridgehead atoms. The number of hydrogen-bond donors (Lipinski definition) is 0. The number of likely N-dealkylation sites (tertiary alicyclic amines) is 1. The molecule has 1 amide bonds. The van der Waals surface area contributed by atoms with E-state index in [4.69, 9.17) is 4.52 Å². The average Bonchev–Trinajstić information content (AvgIpc) is 3.40. The number of rotatable bonds is 4. The molecule has 9 heteroatoms. The molecule has 0 spiro atoms. The third-order valence-corrected chi connectivity index (χ3v) is 7.85. The lowest BCUT2D eigenvalue weighted by Gasteiger charge is -2.30. The Balaban J connectivity index is 1.61. The molecular formula is C20H26N4O4S. The number of aryl methyl sites for hydroxylation is 1. The maximum absolute atomic E-state index is 13.2. The Labute approximate surface area is 170 Å². The van der Waals surface area contributed by atoms with Gasteiger partial charge in [-0.3, -0.25) is 4.79 Å². The van der Waals surface area contributed by atoms with E-state index in [1.807, 2.05) is 0 Å². The normalized spacial score (nSPS) is 19.0. The van der Waals surface area contributed by atoms with Crippen LogP contribution in [0, 0.1) is 12.8 Å². The van der Waals surface area contributed by atoms with Gasteiger partial charge in [-0.05, 0) is 50.2 Å². The standard InChI is InChI=1S/C20H26N4O4S/c1-14-7-11-24(12-8-14)29(26,27)17-13-16(6-5-15(17)2)18-21-19(28-22-18)20(25)23-9-3-4-10-23/h5-6,13-14H,3-4,7-12H2,1-2H3. The number of hydrogen-bond acceptors (Lipinski definition) is 6. The Kier molecular flexibility index (Phi) is 5.44. The van der Waals surface area contributed by atoms with Crippen LogP contribution >= 0.6 is 0 Å². The molecule has 0 aliphatic carbocycles. The number of amides is 1. The van der Waals surface area contributed by atoms with E-state index < -0.39 is 10.0 Å². The van der Waals surface area contributed by atoms with E-state index in [1.54, 1.807) is 34.3 Å². The topological polar surface area (TPSA) is 96.6 Å². The van der Waals surface area contributed by atoms with E-state index in [9.17, 15) is 13.2 Å². The first-order valence-corrected chi connectivity index (χ1v) is 11.5. The summed E-state index contributed by atoms with van der Waals surface area (Å²) in [7, 11) is -3.60. The average molecular weight is 419 g/mol. The molecule has 1 aromatic carbocycles. The lowest BCUT2D eigenvalue weighted by atomic mass is 10.0. The van der Waals surface area contributed by atoms with Crippen LogP contribution in [0.25, 0.3) is 11.4 Å². The van der Waals surface area contributed by atoms with Gasteiger partial charge in [0.15, 0.2) is 0 Å². The summed E-state index contributed by atoms with van der Waals surface area (Å²) in [5.74, 6) is 0.427. The largest absolute Gasteiger partial charge is 0.334 e. The van der Waals surface area contributed by atoms with Gasteiger partial charge in [0.2, 0.25) is 15.8 Å². The first-order valence-electron chi connectivity index (χ1n) is 10.1. The molecule has 156 valence electrons. The summed E-state index contributed by atoms with van der Waals surface area (Å²) in [5, 5.41) is 3.91. The van der Waals surface area contributed by atoms with Gasteiger partial charge in [-0.2, -0.15) is 9.29 Å². The van der Waals surface area contributed by atoms with Crippen LogP contribution in [0.4, 0.5) is 0 Å². The number of sulfonamides is 1. The first kappa shape index (κ1) is 20.0. The fourth-order valence-electron chi connectivity index (χ4n) is 3.86. The molecule has 8 nitrogen and oxygen atoms in total. The summed E-state index contributed by atoms with van der Waals surface area (Å²) in [6.45, 7) is 6.37. The molecule has 0 N–H and O–H groups in total. The monoisotopic (exact) mass is 418 g/mol. The van der Waals surface area contributed by atoms with Crippen molar-refractivity contribution in [3.05, 3.63) is 29.7 Å². The SMILES string of the molecule is Cc1ccc(-c2noc(C(=O)N3CCCC3)n2)cc1S(=O)(=O)N1CCC(C)CC1. The smallest absolute Gasteiger partial charge is 0.316 e. The molecule has 2 aromatic rings. The molecule has 29 heavy (non-hydrogen) atoms. The maximum Gasteiger partial charge on any atom is 0.316 e. The van der Waals surface area contributed by atoms with Crippen molar-refractivity contribution in [1.29, 1.82) is 0 Å². The maximum atomic E-state index is 13.2. The quantitative estimate of drug-likeness (QED) is 0.757. The summed E-state index contributed by atoms with van der Waals surface area (Å²) in [4.78, 5) is 18.6. The second-order valence-corrected chi connectivity index (χ2v) is 9.90. The zero-order chi connectivity index (χ0) is 20.6. The number of aromatic nitrogens is 2. The molecule has 2 fully saturated rings. The Morgan fingerprint density at radius 1 is 1.14 bits per heavy atom. The molecule has 3 heterocycles. The third kappa shape index (κ3) is 3.93. The number of carbonyl (C=O) groups excluding carboxylic acids is 1. The van der Waals surface area contributed by atoms with Gasteiger partial charge < -0.3 is 9.42 Å². The first-order chi connectivity index (χ1) is 13.9. The van der Waals surface area contributed by atoms with Crippen LogP contribution in [-0.2, 0) is 10.0 Å². The Hall–Kier alpha value is -2.26. The molecule has 1 aromatic heterocycles. The fourth-order valence-corrected chi connectivity index (χ4v) is 5.59. The molecule has 0 atom stereocenters. The Morgan fingerprint density at radius 3 is 2.52 bits per heavy atom. The van der Waals surface area contributed by atoms with Crippen LogP contribution in [-0.4, -0.2) is 59.8 Å². The lowest BCUT2D eigenvalue weighted by molar-refractivity contribution is 0.0743. The van der Waals surface area contributed by atoms with Gasteiger partial charge in [-0.15, -0.1) is 0 Å². The van der Waals surface area contributed by atoms with Gasteiger partial charge in [-0.1, -0.05) is 24.2 Å². The van der Waals surface area contributed by atoms with Crippen molar-refractivity contribution in [1.82, 2.24) is 19.3 Å². The molecule has 2 aliphatic heterocycles. The van der Waals surface area contributed by atoms with E-state index in [-0.39, 0.29) is 22.5 Å². The zero-order valence-electron chi connectivity index (χ0n) is 16.8. The summed E-state index contributed by atoms with van der Waals surface area (Å²) in [6, 6.07) is 5.08. The third-order valence-electron chi connectivity index (χ3n) is 5.81. The molecule has 0 unspecified atom stereocenters. The van der Waals surface area contributed by atoms with Gasteiger partial charge in [0.25, 0.3) is 0 Å². The van der Waals surface area contributed by atoms with Crippen molar-refractivity contribution < 1.29 is 17.7 Å². The summed E-state index contributed by atoms with van der Waals surface area (Å²) in [6.07, 6.45) is 3.68. The van der Waals surface area contributed by atoms with Crippen LogP contribution in [0.3, 0.4) is 0 Å². The molecule has 0 radical (unpaired) electrons. The molecule has 0 saturated carbocycles. The van der Waals surface area contributed by atoms with E-state index >= 15 is 0 Å². The van der Waals surface area contributed by atoms with Crippen LogP contribution in [0.15, 0.2) is 27.6 Å². The minimum absolute atomic E-state index is 0.0584. The lowest BCUT2D eigenvalue weighted by Crippen LogP contribution is -2.38. The fraction of sp³-hybridized carbons (Fsp3) is 0.550. The van der Waals surface area contributed by atoms with E-state index in [2.05, 4.69) is 17.1 Å². The molecular weight excluding hydrogens is 392 g/mol. The number of benzene rings is 1. The van der Waals surface area contributed by atoms with Crippen LogP contribution in [0.1, 0.15) is 48.9 Å². The van der Waals surface area contributed by atoms with Gasteiger partial charge in [0.1, 0.15) is 0 Å². The van der Waals surface area contributed by atoms with E-state index in [0.29, 0.717) is 43.2 Å².